The molecular weight excluding hydrogens is 230 g/mol. The van der Waals surface area contributed by atoms with Crippen molar-refractivity contribution in [1.82, 2.24) is 5.32 Å². The summed E-state index contributed by atoms with van der Waals surface area (Å²) in [6.45, 7) is 2.82. The lowest BCUT2D eigenvalue weighted by atomic mass is 10.2. The van der Waals surface area contributed by atoms with E-state index in [1.165, 1.54) is 0 Å². The van der Waals surface area contributed by atoms with E-state index in [0.717, 1.165) is 17.7 Å². The highest BCUT2D eigenvalue weighted by molar-refractivity contribution is 5.81. The molecule has 0 unspecified atom stereocenters. The fraction of sp³-hybridized carbons (Fsp3) is 0.500. The Morgan fingerprint density at radius 3 is 2.89 bits per heavy atom. The fourth-order valence-corrected chi connectivity index (χ4v) is 1.95. The third-order valence-electron chi connectivity index (χ3n) is 3.22. The van der Waals surface area contributed by atoms with E-state index in [1.54, 1.807) is 0 Å². The smallest absolute Gasteiger partial charge is 0.223 e. The van der Waals surface area contributed by atoms with Gasteiger partial charge in [-0.05, 0) is 18.4 Å². The van der Waals surface area contributed by atoms with E-state index in [2.05, 4.69) is 12.2 Å². The second-order valence-corrected chi connectivity index (χ2v) is 4.72. The predicted octanol–water partition coefficient (Wildman–Crippen LogP) is 1.33. The average molecular weight is 249 g/mol. The predicted molar refractivity (Wildman–Crippen MR) is 68.1 cm³/mol. The lowest BCUT2D eigenvalue weighted by Crippen LogP contribution is -2.25. The van der Waals surface area contributed by atoms with Crippen LogP contribution in [-0.2, 0) is 11.3 Å². The number of amides is 1. The average Bonchev–Trinajstić information content (AvgIpc) is 3.11. The molecule has 98 valence electrons. The summed E-state index contributed by atoms with van der Waals surface area (Å²) in [5.74, 6) is 1.55. The number of aliphatic hydroxyl groups excluding tert-OH is 1. The van der Waals surface area contributed by atoms with Crippen molar-refractivity contribution in [2.75, 3.05) is 13.2 Å². The first kappa shape index (κ1) is 12.9. The molecule has 2 atom stereocenters. The molecule has 1 saturated carbocycles. The molecule has 1 aliphatic carbocycles. The molecule has 1 amide bonds. The Balaban J connectivity index is 1.89. The fourth-order valence-electron chi connectivity index (χ4n) is 1.95. The maximum absolute atomic E-state index is 11.7. The first-order valence-corrected chi connectivity index (χ1v) is 6.31. The molecule has 1 aliphatic rings. The Kier molecular flexibility index (Phi) is 4.20. The molecule has 1 aromatic rings. The van der Waals surface area contributed by atoms with Crippen molar-refractivity contribution in [2.24, 2.45) is 11.8 Å². The Morgan fingerprint density at radius 1 is 1.50 bits per heavy atom. The van der Waals surface area contributed by atoms with Gasteiger partial charge in [-0.25, -0.2) is 0 Å². The number of nitrogens with one attached hydrogen (secondary N) is 1. The van der Waals surface area contributed by atoms with Gasteiger partial charge < -0.3 is 15.2 Å². The van der Waals surface area contributed by atoms with Crippen LogP contribution in [0.3, 0.4) is 0 Å². The Morgan fingerprint density at radius 2 is 2.22 bits per heavy atom. The first-order valence-electron chi connectivity index (χ1n) is 6.31. The van der Waals surface area contributed by atoms with Crippen LogP contribution in [0.4, 0.5) is 0 Å². The van der Waals surface area contributed by atoms with Crippen LogP contribution >= 0.6 is 0 Å². The monoisotopic (exact) mass is 249 g/mol. The number of para-hydroxylation sites is 1. The van der Waals surface area contributed by atoms with Crippen molar-refractivity contribution in [1.29, 1.82) is 0 Å². The zero-order chi connectivity index (χ0) is 13.0. The quantitative estimate of drug-likeness (QED) is 0.799. The van der Waals surface area contributed by atoms with Gasteiger partial charge in [0.1, 0.15) is 12.4 Å². The van der Waals surface area contributed by atoms with Crippen LogP contribution in [0.15, 0.2) is 24.3 Å². The topological polar surface area (TPSA) is 58.6 Å². The van der Waals surface area contributed by atoms with Crippen molar-refractivity contribution in [3.63, 3.8) is 0 Å². The van der Waals surface area contributed by atoms with Crippen LogP contribution in [0.2, 0.25) is 0 Å². The van der Waals surface area contributed by atoms with E-state index in [0.29, 0.717) is 12.5 Å². The highest BCUT2D eigenvalue weighted by Crippen LogP contribution is 2.37. The molecule has 18 heavy (non-hydrogen) atoms. The summed E-state index contributed by atoms with van der Waals surface area (Å²) in [6, 6.07) is 7.55. The summed E-state index contributed by atoms with van der Waals surface area (Å²) in [5.41, 5.74) is 0.938. The van der Waals surface area contributed by atoms with Gasteiger partial charge in [0.05, 0.1) is 6.61 Å². The van der Waals surface area contributed by atoms with Gasteiger partial charge >= 0.3 is 0 Å². The Hall–Kier alpha value is -1.55. The minimum Gasteiger partial charge on any atom is -0.491 e. The van der Waals surface area contributed by atoms with Crippen molar-refractivity contribution in [3.05, 3.63) is 29.8 Å². The minimum atomic E-state index is -0.0136. The van der Waals surface area contributed by atoms with Crippen molar-refractivity contribution in [3.8, 4) is 5.75 Å². The molecule has 0 bridgehead atoms. The van der Waals surface area contributed by atoms with Gasteiger partial charge in [-0.2, -0.15) is 0 Å². The van der Waals surface area contributed by atoms with E-state index in [9.17, 15) is 4.79 Å². The largest absolute Gasteiger partial charge is 0.491 e. The highest BCUT2D eigenvalue weighted by Gasteiger charge is 2.38. The Bertz CT molecular complexity index is 419. The maximum Gasteiger partial charge on any atom is 0.223 e. The number of ether oxygens (including phenoxy) is 1. The summed E-state index contributed by atoms with van der Waals surface area (Å²) in [5, 5.41) is 11.7. The van der Waals surface area contributed by atoms with Gasteiger partial charge in [0.25, 0.3) is 0 Å². The number of aliphatic hydroxyl groups is 1. The molecule has 0 aliphatic heterocycles. The van der Waals surface area contributed by atoms with Crippen LogP contribution in [-0.4, -0.2) is 24.2 Å². The molecule has 4 nitrogen and oxygen atoms in total. The lowest BCUT2D eigenvalue weighted by molar-refractivity contribution is -0.122. The molecule has 0 radical (unpaired) electrons. The van der Waals surface area contributed by atoms with Crippen molar-refractivity contribution >= 4 is 5.91 Å². The van der Waals surface area contributed by atoms with Crippen LogP contribution in [0.1, 0.15) is 18.9 Å². The third-order valence-corrected chi connectivity index (χ3v) is 3.22. The summed E-state index contributed by atoms with van der Waals surface area (Å²) < 4.78 is 5.41. The van der Waals surface area contributed by atoms with Crippen LogP contribution in [0.25, 0.3) is 0 Å². The molecule has 0 heterocycles. The molecule has 4 heteroatoms. The molecular formula is C14H19NO3. The van der Waals surface area contributed by atoms with Gasteiger partial charge in [-0.1, -0.05) is 25.1 Å². The van der Waals surface area contributed by atoms with Gasteiger partial charge in [0.15, 0.2) is 0 Å². The number of rotatable bonds is 6. The summed E-state index contributed by atoms with van der Waals surface area (Å²) in [6.07, 6.45) is 0.995. The zero-order valence-electron chi connectivity index (χ0n) is 10.6. The van der Waals surface area contributed by atoms with E-state index < -0.39 is 0 Å². The van der Waals surface area contributed by atoms with E-state index >= 15 is 0 Å². The molecule has 1 fully saturated rings. The van der Waals surface area contributed by atoms with Crippen LogP contribution in [0, 0.1) is 11.8 Å². The summed E-state index contributed by atoms with van der Waals surface area (Å²) >= 11 is 0. The zero-order valence-corrected chi connectivity index (χ0v) is 10.6. The second kappa shape index (κ2) is 5.87. The van der Waals surface area contributed by atoms with E-state index in [1.807, 2.05) is 24.3 Å². The van der Waals surface area contributed by atoms with Gasteiger partial charge in [-0.3, -0.25) is 4.79 Å². The number of hydrogen-bond donors (Lipinski definition) is 2. The maximum atomic E-state index is 11.7. The number of hydrogen-bond acceptors (Lipinski definition) is 3. The molecule has 2 N–H and O–H groups in total. The van der Waals surface area contributed by atoms with Crippen molar-refractivity contribution in [2.45, 2.75) is 19.9 Å². The minimum absolute atomic E-state index is 0.0136. The number of benzene rings is 1. The second-order valence-electron chi connectivity index (χ2n) is 4.72. The Labute approximate surface area is 107 Å². The first-order chi connectivity index (χ1) is 8.72. The SMILES string of the molecule is C[C@H]1C[C@@H]1C(=O)NCc1ccccc1OCCO. The molecule has 1 aromatic carbocycles. The number of carbonyl (C=O) groups is 1. The summed E-state index contributed by atoms with van der Waals surface area (Å²) in [7, 11) is 0. The molecule has 0 aromatic heterocycles. The van der Waals surface area contributed by atoms with Gasteiger partial charge in [-0.15, -0.1) is 0 Å². The standard InChI is InChI=1S/C14H19NO3/c1-10-8-12(10)14(17)15-9-11-4-2-3-5-13(11)18-7-6-16/h2-5,10,12,16H,6-9H2,1H3,(H,15,17)/t10-,12-/m0/s1. The van der Waals surface area contributed by atoms with Gasteiger partial charge in [0.2, 0.25) is 5.91 Å². The summed E-state index contributed by atoms with van der Waals surface area (Å²) in [4.78, 5) is 11.7. The molecule has 2 rings (SSSR count). The van der Waals surface area contributed by atoms with Crippen LogP contribution in [0.5, 0.6) is 5.75 Å². The molecule has 0 saturated heterocycles. The number of carbonyl (C=O) groups excluding carboxylic acids is 1. The van der Waals surface area contributed by atoms with Crippen molar-refractivity contribution < 1.29 is 14.6 Å². The van der Waals surface area contributed by atoms with Crippen LogP contribution < -0.4 is 10.1 Å². The van der Waals surface area contributed by atoms with E-state index in [4.69, 9.17) is 9.84 Å². The normalized spacial score (nSPS) is 21.4. The highest BCUT2D eigenvalue weighted by atomic mass is 16.5. The third kappa shape index (κ3) is 3.23. The lowest BCUT2D eigenvalue weighted by Gasteiger charge is -2.11. The molecule has 0 spiro atoms. The van der Waals surface area contributed by atoms with Gasteiger partial charge in [0, 0.05) is 18.0 Å². The van der Waals surface area contributed by atoms with E-state index in [-0.39, 0.29) is 25.0 Å².